The van der Waals surface area contributed by atoms with Gasteiger partial charge in [-0.25, -0.2) is 4.98 Å². The minimum absolute atomic E-state index is 0. The van der Waals surface area contributed by atoms with E-state index in [1.165, 1.54) is 25.1 Å². The Morgan fingerprint density at radius 2 is 2.11 bits per heavy atom. The summed E-state index contributed by atoms with van der Waals surface area (Å²) in [7, 11) is 0. The van der Waals surface area contributed by atoms with Crippen molar-refractivity contribution in [2.75, 3.05) is 24.5 Å². The van der Waals surface area contributed by atoms with Gasteiger partial charge in [0.15, 0.2) is 0 Å². The summed E-state index contributed by atoms with van der Waals surface area (Å²) in [5.74, 6) is 0.810. The molecule has 2 aliphatic rings. The van der Waals surface area contributed by atoms with Crippen LogP contribution in [-0.2, 0) is 0 Å². The number of rotatable bonds is 1. The van der Waals surface area contributed by atoms with E-state index >= 15 is 0 Å². The fourth-order valence-electron chi connectivity index (χ4n) is 2.81. The smallest absolute Gasteiger partial charge is 0.129 e. The van der Waals surface area contributed by atoms with Crippen LogP contribution in [0.15, 0.2) is 18.3 Å². The van der Waals surface area contributed by atoms with Crippen LogP contribution in [0.25, 0.3) is 0 Å². The maximum Gasteiger partial charge on any atom is 0.129 e. The number of anilines is 1. The molecule has 1 aromatic heterocycles. The summed E-state index contributed by atoms with van der Waals surface area (Å²) in [5.41, 5.74) is 1.20. The van der Waals surface area contributed by atoms with Gasteiger partial charge in [-0.3, -0.25) is 0 Å². The van der Waals surface area contributed by atoms with Gasteiger partial charge >= 0.3 is 0 Å². The third-order valence-electron chi connectivity index (χ3n) is 3.68. The lowest BCUT2D eigenvalue weighted by molar-refractivity contribution is 0.340. The van der Waals surface area contributed by atoms with Gasteiger partial charge in [0.1, 0.15) is 5.15 Å². The van der Waals surface area contributed by atoms with E-state index in [4.69, 9.17) is 11.6 Å². The minimum atomic E-state index is 0. The number of nitrogens with zero attached hydrogens (tertiary/aromatic N) is 2. The first-order chi connectivity index (χ1) is 7.83. The second-order valence-corrected chi connectivity index (χ2v) is 5.09. The van der Waals surface area contributed by atoms with Crippen LogP contribution in [-0.4, -0.2) is 30.7 Å². The van der Waals surface area contributed by atoms with Crippen LogP contribution in [0.4, 0.5) is 5.69 Å². The average Bonchev–Trinajstić information content (AvgIpc) is 2.73. The number of hydrogen-bond acceptors (Lipinski definition) is 3. The molecule has 3 nitrogen and oxygen atoms in total. The summed E-state index contributed by atoms with van der Waals surface area (Å²) in [4.78, 5) is 6.56. The molecule has 2 atom stereocenters. The van der Waals surface area contributed by atoms with E-state index in [0.717, 1.165) is 19.0 Å². The third-order valence-corrected chi connectivity index (χ3v) is 3.90. The van der Waals surface area contributed by atoms with Gasteiger partial charge in [-0.2, -0.15) is 0 Å². The molecule has 0 saturated carbocycles. The molecular formula is C12H18Cl3N3. The van der Waals surface area contributed by atoms with Crippen LogP contribution < -0.4 is 10.2 Å². The average molecular weight is 311 g/mol. The van der Waals surface area contributed by atoms with E-state index in [2.05, 4.69) is 21.3 Å². The summed E-state index contributed by atoms with van der Waals surface area (Å²) >= 11 is 5.80. The Morgan fingerprint density at radius 3 is 2.78 bits per heavy atom. The number of piperidine rings is 1. The van der Waals surface area contributed by atoms with Crippen LogP contribution in [0.2, 0.25) is 5.15 Å². The number of nitrogens with one attached hydrogen (secondary N) is 1. The molecule has 0 amide bonds. The maximum absolute atomic E-state index is 5.80. The molecule has 2 aliphatic heterocycles. The predicted octanol–water partition coefficient (Wildman–Crippen LogP) is 2.77. The van der Waals surface area contributed by atoms with E-state index in [0.29, 0.717) is 11.2 Å². The molecule has 0 radical (unpaired) electrons. The predicted molar refractivity (Wildman–Crippen MR) is 80.5 cm³/mol. The topological polar surface area (TPSA) is 28.2 Å². The lowest BCUT2D eigenvalue weighted by atomic mass is 9.94. The van der Waals surface area contributed by atoms with Crippen LogP contribution in [0.3, 0.4) is 0 Å². The van der Waals surface area contributed by atoms with E-state index in [1.807, 2.05) is 12.3 Å². The molecule has 102 valence electrons. The van der Waals surface area contributed by atoms with Gasteiger partial charge < -0.3 is 10.2 Å². The lowest BCUT2D eigenvalue weighted by Crippen LogP contribution is -2.40. The first-order valence-electron chi connectivity index (χ1n) is 5.93. The Morgan fingerprint density at radius 1 is 1.28 bits per heavy atom. The van der Waals surface area contributed by atoms with Gasteiger partial charge in [0.05, 0.1) is 11.9 Å². The van der Waals surface area contributed by atoms with Crippen LogP contribution in [0, 0.1) is 5.92 Å². The molecular weight excluding hydrogens is 293 g/mol. The minimum Gasteiger partial charge on any atom is -0.368 e. The maximum atomic E-state index is 5.80. The van der Waals surface area contributed by atoms with E-state index < -0.39 is 0 Å². The van der Waals surface area contributed by atoms with E-state index in [1.54, 1.807) is 0 Å². The normalized spacial score (nSPS) is 25.9. The number of aromatic nitrogens is 1. The summed E-state index contributed by atoms with van der Waals surface area (Å²) in [5, 5.41) is 4.17. The first-order valence-corrected chi connectivity index (χ1v) is 6.30. The van der Waals surface area contributed by atoms with Gasteiger partial charge in [0.2, 0.25) is 0 Å². The standard InChI is InChI=1S/C12H16ClN3.2ClH/c13-12-4-3-10(6-15-12)16-7-9-2-1-5-14-11(9)8-16;;/h3-4,6,9,11,14H,1-2,5,7-8H2;2*1H/t9-,11+;;/m0../s1. The van der Waals surface area contributed by atoms with E-state index in [9.17, 15) is 0 Å². The second-order valence-electron chi connectivity index (χ2n) is 4.71. The fourth-order valence-corrected chi connectivity index (χ4v) is 2.92. The summed E-state index contributed by atoms with van der Waals surface area (Å²) < 4.78 is 0. The lowest BCUT2D eigenvalue weighted by Gasteiger charge is -2.24. The van der Waals surface area contributed by atoms with Crippen molar-refractivity contribution in [1.82, 2.24) is 10.3 Å². The van der Waals surface area contributed by atoms with Crippen molar-refractivity contribution in [3.05, 3.63) is 23.5 Å². The summed E-state index contributed by atoms with van der Waals surface area (Å²) in [6.45, 7) is 3.43. The third kappa shape index (κ3) is 3.21. The SMILES string of the molecule is Cl.Cl.Clc1ccc(N2C[C@@H]3CCCN[C@@H]3C2)cn1. The van der Waals surface area contributed by atoms with Crippen molar-refractivity contribution in [2.45, 2.75) is 18.9 Å². The monoisotopic (exact) mass is 309 g/mol. The zero-order chi connectivity index (χ0) is 11.0. The molecule has 3 heterocycles. The quantitative estimate of drug-likeness (QED) is 0.809. The molecule has 1 N–H and O–H groups in total. The Labute approximate surface area is 125 Å². The second kappa shape index (κ2) is 6.80. The van der Waals surface area contributed by atoms with Crippen molar-refractivity contribution >= 4 is 42.1 Å². The molecule has 6 heteroatoms. The molecule has 0 spiro atoms. The highest BCUT2D eigenvalue weighted by Crippen LogP contribution is 2.28. The zero-order valence-corrected chi connectivity index (χ0v) is 12.4. The molecule has 0 unspecified atom stereocenters. The molecule has 1 aromatic rings. The van der Waals surface area contributed by atoms with Crippen LogP contribution >= 0.6 is 36.4 Å². The van der Waals surface area contributed by atoms with Crippen LogP contribution in [0.1, 0.15) is 12.8 Å². The summed E-state index contributed by atoms with van der Waals surface area (Å²) in [6.07, 6.45) is 4.54. The number of fused-ring (bicyclic) bond motifs is 1. The van der Waals surface area contributed by atoms with Crippen LogP contribution in [0.5, 0.6) is 0 Å². The molecule has 0 aliphatic carbocycles. The molecule has 0 bridgehead atoms. The molecule has 18 heavy (non-hydrogen) atoms. The van der Waals surface area contributed by atoms with Crippen molar-refractivity contribution in [3.63, 3.8) is 0 Å². The Bertz CT molecular complexity index is 357. The highest BCUT2D eigenvalue weighted by atomic mass is 35.5. The molecule has 2 fully saturated rings. The highest BCUT2D eigenvalue weighted by molar-refractivity contribution is 6.29. The number of hydrogen-bond donors (Lipinski definition) is 1. The van der Waals surface area contributed by atoms with E-state index in [-0.39, 0.29) is 24.8 Å². The van der Waals surface area contributed by atoms with Gasteiger partial charge in [-0.15, -0.1) is 24.8 Å². The largest absolute Gasteiger partial charge is 0.368 e. The first kappa shape index (κ1) is 15.8. The molecule has 0 aromatic carbocycles. The number of halogens is 3. The Balaban J connectivity index is 0.000000810. The molecule has 2 saturated heterocycles. The van der Waals surface area contributed by atoms with Gasteiger partial charge in [0, 0.05) is 19.1 Å². The Kier molecular flexibility index (Phi) is 5.99. The fraction of sp³-hybridized carbons (Fsp3) is 0.583. The van der Waals surface area contributed by atoms with Gasteiger partial charge in [-0.05, 0) is 37.4 Å². The summed E-state index contributed by atoms with van der Waals surface area (Å²) in [6, 6.07) is 4.60. The molecule has 3 rings (SSSR count). The highest BCUT2D eigenvalue weighted by Gasteiger charge is 2.34. The zero-order valence-electron chi connectivity index (χ0n) is 10.0. The van der Waals surface area contributed by atoms with Crippen molar-refractivity contribution in [3.8, 4) is 0 Å². The van der Waals surface area contributed by atoms with Crippen molar-refractivity contribution in [1.29, 1.82) is 0 Å². The Hall–Kier alpha value is -0.220. The number of pyridine rings is 1. The van der Waals surface area contributed by atoms with Gasteiger partial charge in [-0.1, -0.05) is 11.6 Å². The van der Waals surface area contributed by atoms with Crippen molar-refractivity contribution < 1.29 is 0 Å². The van der Waals surface area contributed by atoms with Crippen molar-refractivity contribution in [2.24, 2.45) is 5.92 Å². The van der Waals surface area contributed by atoms with Gasteiger partial charge in [0.25, 0.3) is 0 Å².